The van der Waals surface area contributed by atoms with E-state index < -0.39 is 11.5 Å². The van der Waals surface area contributed by atoms with Gasteiger partial charge < -0.3 is 15.3 Å². The zero-order valence-electron chi connectivity index (χ0n) is 11.5. The first kappa shape index (κ1) is 13.4. The van der Waals surface area contributed by atoms with Crippen LogP contribution in [0.5, 0.6) is 0 Å². The van der Waals surface area contributed by atoms with E-state index in [1.807, 2.05) is 0 Å². The van der Waals surface area contributed by atoms with E-state index >= 15 is 0 Å². The number of halogens is 1. The third-order valence-corrected chi connectivity index (χ3v) is 4.77. The Morgan fingerprint density at radius 3 is 2.60 bits per heavy atom. The second kappa shape index (κ2) is 4.74. The minimum Gasteiger partial charge on any atom is -0.480 e. The summed E-state index contributed by atoms with van der Waals surface area (Å²) in [5.74, 6) is -1.20. The van der Waals surface area contributed by atoms with Gasteiger partial charge in [0.2, 0.25) is 0 Å². The molecule has 2 aliphatic heterocycles. The number of piperidine rings is 1. The number of nitrogens with one attached hydrogen (secondary N) is 1. The first-order valence-electron chi connectivity index (χ1n) is 6.99. The summed E-state index contributed by atoms with van der Waals surface area (Å²) in [4.78, 5) is 14.1. The Hall–Kier alpha value is -1.62. The predicted octanol–water partition coefficient (Wildman–Crippen LogP) is 2.32. The molecular formula is C15H19FN2O2. The zero-order valence-corrected chi connectivity index (χ0v) is 11.5. The van der Waals surface area contributed by atoms with Gasteiger partial charge in [0.1, 0.15) is 11.4 Å². The maximum atomic E-state index is 13.3. The minimum atomic E-state index is -0.980. The largest absolute Gasteiger partial charge is 0.480 e. The van der Waals surface area contributed by atoms with Crippen molar-refractivity contribution in [1.29, 1.82) is 0 Å². The van der Waals surface area contributed by atoms with Crippen molar-refractivity contribution < 1.29 is 14.3 Å². The van der Waals surface area contributed by atoms with E-state index in [0.717, 1.165) is 12.8 Å². The van der Waals surface area contributed by atoms with E-state index in [1.165, 1.54) is 12.1 Å². The highest BCUT2D eigenvalue weighted by Gasteiger charge is 2.51. The summed E-state index contributed by atoms with van der Waals surface area (Å²) in [5, 5.41) is 12.8. The van der Waals surface area contributed by atoms with Crippen LogP contribution in [0.1, 0.15) is 25.7 Å². The smallest absolute Gasteiger partial charge is 0.329 e. The van der Waals surface area contributed by atoms with Gasteiger partial charge in [-0.25, -0.2) is 9.18 Å². The van der Waals surface area contributed by atoms with Gasteiger partial charge in [-0.2, -0.15) is 0 Å². The fraction of sp³-hybridized carbons (Fsp3) is 0.533. The van der Waals surface area contributed by atoms with Crippen LogP contribution in [0, 0.1) is 5.82 Å². The third-order valence-electron chi connectivity index (χ3n) is 4.77. The minimum absolute atomic E-state index is 0.297. The van der Waals surface area contributed by atoms with E-state index in [4.69, 9.17) is 0 Å². The Bertz CT molecular complexity index is 520. The molecule has 0 radical (unpaired) electrons. The Morgan fingerprint density at radius 2 is 2.05 bits per heavy atom. The van der Waals surface area contributed by atoms with Gasteiger partial charge >= 0.3 is 5.97 Å². The Balaban J connectivity index is 1.88. The first-order valence-corrected chi connectivity index (χ1v) is 6.99. The molecule has 0 amide bonds. The molecule has 3 rings (SSSR count). The van der Waals surface area contributed by atoms with Crippen LogP contribution in [-0.4, -0.2) is 40.6 Å². The molecule has 1 aromatic rings. The summed E-state index contributed by atoms with van der Waals surface area (Å²) in [6, 6.07) is 6.61. The van der Waals surface area contributed by atoms with Crippen LogP contribution in [-0.2, 0) is 4.79 Å². The third kappa shape index (κ3) is 2.16. The number of nitrogens with zero attached hydrogens (tertiary/aromatic N) is 1. The van der Waals surface area contributed by atoms with Crippen LogP contribution in [0.25, 0.3) is 0 Å². The number of hydrogen-bond acceptors (Lipinski definition) is 3. The SMILES string of the molecule is CN1C2CCC1CC(Nc1cccc(F)c1)(C(=O)O)C2. The van der Waals surface area contributed by atoms with Gasteiger partial charge in [0.15, 0.2) is 0 Å². The Kier molecular flexibility index (Phi) is 3.17. The highest BCUT2D eigenvalue weighted by Crippen LogP contribution is 2.41. The molecule has 2 atom stereocenters. The fourth-order valence-corrected chi connectivity index (χ4v) is 3.64. The molecule has 2 unspecified atom stereocenters. The molecule has 1 aromatic carbocycles. The first-order chi connectivity index (χ1) is 9.50. The van der Waals surface area contributed by atoms with Crippen molar-refractivity contribution in [1.82, 2.24) is 4.90 Å². The number of anilines is 1. The van der Waals surface area contributed by atoms with Crippen molar-refractivity contribution in [2.45, 2.75) is 43.3 Å². The molecule has 5 heteroatoms. The van der Waals surface area contributed by atoms with Crippen LogP contribution >= 0.6 is 0 Å². The predicted molar refractivity (Wildman–Crippen MR) is 74.2 cm³/mol. The highest BCUT2D eigenvalue weighted by atomic mass is 19.1. The summed E-state index contributed by atoms with van der Waals surface area (Å²) >= 11 is 0. The quantitative estimate of drug-likeness (QED) is 0.891. The monoisotopic (exact) mass is 278 g/mol. The van der Waals surface area contributed by atoms with Crippen molar-refractivity contribution in [3.8, 4) is 0 Å². The van der Waals surface area contributed by atoms with E-state index in [9.17, 15) is 14.3 Å². The molecule has 20 heavy (non-hydrogen) atoms. The number of aliphatic carboxylic acids is 1. The maximum absolute atomic E-state index is 13.3. The lowest BCUT2D eigenvalue weighted by atomic mass is 9.82. The molecule has 0 aliphatic carbocycles. The molecule has 108 valence electrons. The number of fused-ring (bicyclic) bond motifs is 2. The van der Waals surface area contributed by atoms with Crippen LogP contribution in [0.4, 0.5) is 10.1 Å². The lowest BCUT2D eigenvalue weighted by molar-refractivity contribution is -0.145. The van der Waals surface area contributed by atoms with Crippen molar-refractivity contribution >= 4 is 11.7 Å². The molecule has 2 aliphatic rings. The summed E-state index contributed by atoms with van der Waals surface area (Å²) in [7, 11) is 2.07. The number of benzene rings is 1. The van der Waals surface area contributed by atoms with Gasteiger partial charge in [-0.1, -0.05) is 6.07 Å². The molecule has 0 aromatic heterocycles. The number of carboxylic acids is 1. The molecule has 2 saturated heterocycles. The Labute approximate surface area is 117 Å². The van der Waals surface area contributed by atoms with E-state index in [0.29, 0.717) is 30.6 Å². The van der Waals surface area contributed by atoms with Gasteiger partial charge in [-0.15, -0.1) is 0 Å². The van der Waals surface area contributed by atoms with E-state index in [1.54, 1.807) is 12.1 Å². The average molecular weight is 278 g/mol. The fourth-order valence-electron chi connectivity index (χ4n) is 3.64. The van der Waals surface area contributed by atoms with E-state index in [2.05, 4.69) is 17.3 Å². The molecular weight excluding hydrogens is 259 g/mol. The summed E-state index contributed by atoms with van der Waals surface area (Å²) in [5.41, 5.74) is -0.442. The van der Waals surface area contributed by atoms with Crippen LogP contribution in [0.15, 0.2) is 24.3 Å². The molecule has 2 bridgehead atoms. The summed E-state index contributed by atoms with van der Waals surface area (Å²) in [6.45, 7) is 0. The van der Waals surface area contributed by atoms with Crippen LogP contribution in [0.2, 0.25) is 0 Å². The summed E-state index contributed by atoms with van der Waals surface area (Å²) < 4.78 is 13.3. The van der Waals surface area contributed by atoms with Gasteiger partial charge in [-0.05, 0) is 50.9 Å². The number of hydrogen-bond donors (Lipinski definition) is 2. The number of carboxylic acid groups (broad SMARTS) is 1. The maximum Gasteiger partial charge on any atom is 0.329 e. The average Bonchev–Trinajstić information content (AvgIpc) is 2.62. The molecule has 0 spiro atoms. The van der Waals surface area contributed by atoms with E-state index in [-0.39, 0.29) is 5.82 Å². The normalized spacial score (nSPS) is 33.1. The molecule has 2 fully saturated rings. The molecule has 2 heterocycles. The van der Waals surface area contributed by atoms with Gasteiger partial charge in [-0.3, -0.25) is 0 Å². The van der Waals surface area contributed by atoms with Crippen molar-refractivity contribution in [2.24, 2.45) is 0 Å². The molecule has 0 saturated carbocycles. The lowest BCUT2D eigenvalue weighted by Crippen LogP contribution is -2.57. The zero-order chi connectivity index (χ0) is 14.3. The molecule has 4 nitrogen and oxygen atoms in total. The van der Waals surface area contributed by atoms with Crippen LogP contribution in [0.3, 0.4) is 0 Å². The van der Waals surface area contributed by atoms with Gasteiger partial charge in [0.05, 0.1) is 0 Å². The number of carbonyl (C=O) groups is 1. The summed E-state index contributed by atoms with van der Waals surface area (Å²) in [6.07, 6.45) is 3.21. The van der Waals surface area contributed by atoms with Crippen molar-refractivity contribution in [3.63, 3.8) is 0 Å². The number of rotatable bonds is 3. The van der Waals surface area contributed by atoms with Gasteiger partial charge in [0.25, 0.3) is 0 Å². The lowest BCUT2D eigenvalue weighted by Gasteiger charge is -2.43. The Morgan fingerprint density at radius 1 is 1.40 bits per heavy atom. The second-order valence-electron chi connectivity index (χ2n) is 5.98. The topological polar surface area (TPSA) is 52.6 Å². The van der Waals surface area contributed by atoms with Crippen LogP contribution < -0.4 is 5.32 Å². The molecule has 2 N–H and O–H groups in total. The second-order valence-corrected chi connectivity index (χ2v) is 5.98. The standard InChI is InChI=1S/C15H19FN2O2/c1-18-12-5-6-13(18)9-15(8-12,14(19)20)17-11-4-2-3-10(16)7-11/h2-4,7,12-13,17H,5-6,8-9H2,1H3,(H,19,20). The van der Waals surface area contributed by atoms with Crippen molar-refractivity contribution in [2.75, 3.05) is 12.4 Å². The van der Waals surface area contributed by atoms with Crippen molar-refractivity contribution in [3.05, 3.63) is 30.1 Å². The van der Waals surface area contributed by atoms with Gasteiger partial charge in [0, 0.05) is 17.8 Å². The highest BCUT2D eigenvalue weighted by molar-refractivity contribution is 5.83.